The summed E-state index contributed by atoms with van der Waals surface area (Å²) in [7, 11) is 1.78. The Bertz CT molecular complexity index is 102. The van der Waals surface area contributed by atoms with Crippen LogP contribution in [0.5, 0.6) is 0 Å². The van der Waals surface area contributed by atoms with Gasteiger partial charge < -0.3 is 9.64 Å². The normalized spacial score (nSPS) is 16.8. The second-order valence-electron chi connectivity index (χ2n) is 3.60. The van der Waals surface area contributed by atoms with Gasteiger partial charge in [-0.05, 0) is 19.4 Å². The van der Waals surface area contributed by atoms with Crippen molar-refractivity contribution in [3.63, 3.8) is 0 Å². The molecular weight excluding hydrogens is 150 g/mol. The number of hydrogen-bond donors (Lipinski definition) is 0. The van der Waals surface area contributed by atoms with Gasteiger partial charge in [0.05, 0.1) is 0 Å². The van der Waals surface area contributed by atoms with Crippen LogP contribution in [0, 0.1) is 0 Å². The largest absolute Gasteiger partial charge is 0.385 e. The average molecular weight is 171 g/mol. The van der Waals surface area contributed by atoms with Gasteiger partial charge in [0.1, 0.15) is 0 Å². The lowest BCUT2D eigenvalue weighted by Crippen LogP contribution is -1.98. The van der Waals surface area contributed by atoms with E-state index in [2.05, 4.69) is 4.90 Å². The van der Waals surface area contributed by atoms with Crippen LogP contribution in [-0.2, 0) is 4.74 Å². The molecule has 0 aromatic carbocycles. The summed E-state index contributed by atoms with van der Waals surface area (Å²) in [5, 5.41) is 0. The highest BCUT2D eigenvalue weighted by Gasteiger charge is 2.14. The molecule has 0 aliphatic carbocycles. The number of hydrogen-bond acceptors (Lipinski definition) is 2. The monoisotopic (exact) mass is 171 g/mol. The Morgan fingerprint density at radius 3 is 2.33 bits per heavy atom. The van der Waals surface area contributed by atoms with Crippen molar-refractivity contribution in [2.75, 3.05) is 33.4 Å². The summed E-state index contributed by atoms with van der Waals surface area (Å²) in [5.74, 6) is 0. The maximum atomic E-state index is 4.99. The van der Waals surface area contributed by atoms with Crippen molar-refractivity contribution in [2.45, 2.75) is 32.1 Å². The third kappa shape index (κ3) is 5.56. The van der Waals surface area contributed by atoms with Crippen LogP contribution in [0.25, 0.3) is 0 Å². The van der Waals surface area contributed by atoms with Crippen LogP contribution in [0.4, 0.5) is 0 Å². The highest BCUT2D eigenvalue weighted by atomic mass is 16.5. The van der Waals surface area contributed by atoms with Gasteiger partial charge in [-0.15, -0.1) is 0 Å². The molecule has 0 unspecified atom stereocenters. The van der Waals surface area contributed by atoms with Gasteiger partial charge in [0, 0.05) is 26.8 Å². The van der Waals surface area contributed by atoms with Crippen LogP contribution in [0.3, 0.4) is 0 Å². The zero-order valence-corrected chi connectivity index (χ0v) is 8.22. The standard InChI is InChI=1S/C10H21NO/c1-12-10-6-4-2-3-5-7-11-8-9-11/h2-10H2,1H3. The minimum absolute atomic E-state index is 0.937. The quantitative estimate of drug-likeness (QED) is 0.408. The van der Waals surface area contributed by atoms with E-state index in [4.69, 9.17) is 4.74 Å². The van der Waals surface area contributed by atoms with Gasteiger partial charge >= 0.3 is 0 Å². The van der Waals surface area contributed by atoms with Gasteiger partial charge in [-0.3, -0.25) is 0 Å². The summed E-state index contributed by atoms with van der Waals surface area (Å²) in [5.41, 5.74) is 0. The van der Waals surface area contributed by atoms with Gasteiger partial charge in [-0.25, -0.2) is 0 Å². The van der Waals surface area contributed by atoms with Crippen molar-refractivity contribution in [3.8, 4) is 0 Å². The van der Waals surface area contributed by atoms with E-state index in [0.29, 0.717) is 0 Å². The minimum Gasteiger partial charge on any atom is -0.385 e. The van der Waals surface area contributed by atoms with Crippen LogP contribution < -0.4 is 0 Å². The summed E-state index contributed by atoms with van der Waals surface area (Å²) >= 11 is 0. The number of methoxy groups -OCH3 is 1. The molecule has 1 rings (SSSR count). The molecule has 0 spiro atoms. The number of unbranched alkanes of at least 4 members (excludes halogenated alkanes) is 4. The fourth-order valence-corrected chi connectivity index (χ4v) is 1.41. The molecule has 0 radical (unpaired) electrons. The van der Waals surface area contributed by atoms with E-state index in [0.717, 1.165) is 6.61 Å². The number of nitrogens with zero attached hydrogens (tertiary/aromatic N) is 1. The molecule has 1 fully saturated rings. The van der Waals surface area contributed by atoms with Crippen molar-refractivity contribution in [3.05, 3.63) is 0 Å². The fraction of sp³-hybridized carbons (Fsp3) is 1.00. The van der Waals surface area contributed by atoms with Gasteiger partial charge in [-0.2, -0.15) is 0 Å². The van der Waals surface area contributed by atoms with E-state index < -0.39 is 0 Å². The van der Waals surface area contributed by atoms with E-state index in [1.807, 2.05) is 0 Å². The molecule has 72 valence electrons. The minimum atomic E-state index is 0.937. The van der Waals surface area contributed by atoms with Crippen molar-refractivity contribution in [2.24, 2.45) is 0 Å². The molecule has 0 bridgehead atoms. The summed E-state index contributed by atoms with van der Waals surface area (Å²) in [4.78, 5) is 2.50. The molecule has 2 nitrogen and oxygen atoms in total. The Labute approximate surface area is 75.9 Å². The van der Waals surface area contributed by atoms with E-state index in [1.165, 1.54) is 51.7 Å². The first-order chi connectivity index (χ1) is 5.93. The first-order valence-electron chi connectivity index (χ1n) is 5.15. The summed E-state index contributed by atoms with van der Waals surface area (Å²) in [6.45, 7) is 4.98. The second-order valence-corrected chi connectivity index (χ2v) is 3.60. The highest BCUT2D eigenvalue weighted by molar-refractivity contribution is 4.71. The second kappa shape index (κ2) is 6.44. The zero-order valence-electron chi connectivity index (χ0n) is 8.22. The van der Waals surface area contributed by atoms with Gasteiger partial charge in [0.2, 0.25) is 0 Å². The molecular formula is C10H21NO. The van der Waals surface area contributed by atoms with E-state index >= 15 is 0 Å². The topological polar surface area (TPSA) is 12.2 Å². The smallest absolute Gasteiger partial charge is 0.0462 e. The molecule has 0 saturated carbocycles. The van der Waals surface area contributed by atoms with Crippen molar-refractivity contribution < 1.29 is 4.74 Å². The maximum absolute atomic E-state index is 4.99. The Hall–Kier alpha value is -0.0800. The van der Waals surface area contributed by atoms with Crippen LogP contribution in [0.1, 0.15) is 32.1 Å². The molecule has 1 heterocycles. The lowest BCUT2D eigenvalue weighted by Gasteiger charge is -2.01. The maximum Gasteiger partial charge on any atom is 0.0462 e. The fourth-order valence-electron chi connectivity index (χ4n) is 1.41. The summed E-state index contributed by atoms with van der Waals surface area (Å²) < 4.78 is 4.99. The molecule has 0 aromatic rings. The molecule has 12 heavy (non-hydrogen) atoms. The van der Waals surface area contributed by atoms with Crippen LogP contribution in [0.2, 0.25) is 0 Å². The predicted molar refractivity (Wildman–Crippen MR) is 51.4 cm³/mol. The van der Waals surface area contributed by atoms with E-state index in [-0.39, 0.29) is 0 Å². The molecule has 0 atom stereocenters. The summed E-state index contributed by atoms with van der Waals surface area (Å²) in [6.07, 6.45) is 6.76. The first-order valence-corrected chi connectivity index (χ1v) is 5.15. The van der Waals surface area contributed by atoms with Gasteiger partial charge in [-0.1, -0.05) is 19.3 Å². The van der Waals surface area contributed by atoms with Crippen molar-refractivity contribution in [1.82, 2.24) is 4.90 Å². The Morgan fingerprint density at radius 1 is 1.00 bits per heavy atom. The number of rotatable bonds is 8. The molecule has 1 saturated heterocycles. The SMILES string of the molecule is COCCCCCCCN1CC1. The highest BCUT2D eigenvalue weighted by Crippen LogP contribution is 2.08. The van der Waals surface area contributed by atoms with Crippen LogP contribution >= 0.6 is 0 Å². The molecule has 0 N–H and O–H groups in total. The van der Waals surface area contributed by atoms with Gasteiger partial charge in [0.25, 0.3) is 0 Å². The third-order valence-corrected chi connectivity index (χ3v) is 2.36. The van der Waals surface area contributed by atoms with E-state index in [1.54, 1.807) is 7.11 Å². The molecule has 1 aliphatic heterocycles. The van der Waals surface area contributed by atoms with Gasteiger partial charge in [0.15, 0.2) is 0 Å². The molecule has 0 aromatic heterocycles. The Balaban J connectivity index is 1.65. The van der Waals surface area contributed by atoms with Crippen LogP contribution in [0.15, 0.2) is 0 Å². The first kappa shape index (κ1) is 10.0. The van der Waals surface area contributed by atoms with Crippen molar-refractivity contribution in [1.29, 1.82) is 0 Å². The zero-order chi connectivity index (χ0) is 8.65. The summed E-state index contributed by atoms with van der Waals surface area (Å²) in [6, 6.07) is 0. The van der Waals surface area contributed by atoms with Crippen molar-refractivity contribution >= 4 is 0 Å². The Kier molecular flexibility index (Phi) is 5.37. The molecule has 1 aliphatic rings. The molecule has 2 heteroatoms. The average Bonchev–Trinajstić information content (AvgIpc) is 2.87. The lowest BCUT2D eigenvalue weighted by molar-refractivity contribution is 0.192. The predicted octanol–water partition coefficient (Wildman–Crippen LogP) is 1.90. The third-order valence-electron chi connectivity index (χ3n) is 2.36. The Morgan fingerprint density at radius 2 is 1.67 bits per heavy atom. The van der Waals surface area contributed by atoms with E-state index in [9.17, 15) is 0 Å². The number of ether oxygens (including phenoxy) is 1. The lowest BCUT2D eigenvalue weighted by atomic mass is 10.1. The molecule has 0 amide bonds. The van der Waals surface area contributed by atoms with Crippen LogP contribution in [-0.4, -0.2) is 38.3 Å².